The molecule has 1 aromatic heterocycles. The molecule has 2 aliphatic carbocycles. The predicted octanol–water partition coefficient (Wildman–Crippen LogP) is 2.33. The fraction of sp³-hybridized carbons (Fsp3) is 0.632. The number of nitrogens with zero attached hydrogens (tertiary/aromatic N) is 3. The molecule has 0 bridgehead atoms. The van der Waals surface area contributed by atoms with Crippen LogP contribution in [0.25, 0.3) is 0 Å². The first kappa shape index (κ1) is 16.4. The highest BCUT2D eigenvalue weighted by atomic mass is 16.2. The van der Waals surface area contributed by atoms with Gasteiger partial charge in [0.15, 0.2) is 0 Å². The molecule has 1 atom stereocenters. The van der Waals surface area contributed by atoms with E-state index in [0.29, 0.717) is 24.6 Å². The van der Waals surface area contributed by atoms with Gasteiger partial charge in [-0.25, -0.2) is 0 Å². The van der Waals surface area contributed by atoms with E-state index in [2.05, 4.69) is 16.5 Å². The fourth-order valence-corrected chi connectivity index (χ4v) is 4.12. The fourth-order valence-electron chi connectivity index (χ4n) is 4.12. The Labute approximate surface area is 148 Å². The van der Waals surface area contributed by atoms with Crippen molar-refractivity contribution in [3.05, 3.63) is 29.7 Å². The van der Waals surface area contributed by atoms with E-state index in [4.69, 9.17) is 0 Å². The van der Waals surface area contributed by atoms with Gasteiger partial charge in [0.1, 0.15) is 5.69 Å². The van der Waals surface area contributed by atoms with Gasteiger partial charge in [-0.2, -0.15) is 5.10 Å². The molecule has 0 radical (unpaired) electrons. The standard InChI is InChI=1S/C19H26N4O2/c1-2-22-11-8-15(21-22)18(25)20-13-19-9-3-4-16(19)23(12-14-5-6-14)17(24)7-10-19/h4,8,11,14H,2-3,5-7,9-10,12-13H2,1H3,(H,20,25). The van der Waals surface area contributed by atoms with Crippen molar-refractivity contribution in [1.29, 1.82) is 0 Å². The third-order valence-corrected chi connectivity index (χ3v) is 5.84. The number of nitrogens with one attached hydrogen (secondary N) is 1. The van der Waals surface area contributed by atoms with Crippen molar-refractivity contribution in [3.8, 4) is 0 Å². The predicted molar refractivity (Wildman–Crippen MR) is 93.7 cm³/mol. The summed E-state index contributed by atoms with van der Waals surface area (Å²) in [6, 6.07) is 1.76. The molecular weight excluding hydrogens is 316 g/mol. The summed E-state index contributed by atoms with van der Waals surface area (Å²) in [5, 5.41) is 7.35. The van der Waals surface area contributed by atoms with E-state index >= 15 is 0 Å². The molecule has 1 aliphatic heterocycles. The second-order valence-electron chi connectivity index (χ2n) is 7.60. The zero-order valence-corrected chi connectivity index (χ0v) is 14.8. The van der Waals surface area contributed by atoms with Gasteiger partial charge in [-0.05, 0) is 51.0 Å². The number of aromatic nitrogens is 2. The van der Waals surface area contributed by atoms with Crippen molar-refractivity contribution in [1.82, 2.24) is 20.0 Å². The molecule has 1 saturated carbocycles. The zero-order valence-electron chi connectivity index (χ0n) is 14.8. The molecule has 0 spiro atoms. The van der Waals surface area contributed by atoms with Gasteiger partial charge in [-0.15, -0.1) is 0 Å². The lowest BCUT2D eigenvalue weighted by atomic mass is 9.76. The molecule has 6 nitrogen and oxygen atoms in total. The third kappa shape index (κ3) is 3.10. The number of likely N-dealkylation sites (tertiary alicyclic amines) is 1. The molecule has 1 N–H and O–H groups in total. The number of carbonyl (C=O) groups excluding carboxylic acids is 2. The van der Waals surface area contributed by atoms with Crippen molar-refractivity contribution in [2.24, 2.45) is 11.3 Å². The Kier molecular flexibility index (Phi) is 4.13. The maximum atomic E-state index is 12.4. The van der Waals surface area contributed by atoms with Crippen molar-refractivity contribution in [2.75, 3.05) is 13.1 Å². The van der Waals surface area contributed by atoms with Crippen LogP contribution in [0.4, 0.5) is 0 Å². The molecular formula is C19H26N4O2. The molecule has 1 saturated heterocycles. The first-order valence-corrected chi connectivity index (χ1v) is 9.44. The van der Waals surface area contributed by atoms with Crippen LogP contribution in [-0.2, 0) is 11.3 Å². The summed E-state index contributed by atoms with van der Waals surface area (Å²) in [7, 11) is 0. The smallest absolute Gasteiger partial charge is 0.271 e. The molecule has 1 unspecified atom stereocenters. The van der Waals surface area contributed by atoms with Crippen LogP contribution < -0.4 is 5.32 Å². The summed E-state index contributed by atoms with van der Waals surface area (Å²) >= 11 is 0. The third-order valence-electron chi connectivity index (χ3n) is 5.84. The van der Waals surface area contributed by atoms with Gasteiger partial charge in [-0.1, -0.05) is 6.08 Å². The molecule has 25 heavy (non-hydrogen) atoms. The van der Waals surface area contributed by atoms with Crippen molar-refractivity contribution < 1.29 is 9.59 Å². The minimum atomic E-state index is -0.126. The number of hydrogen-bond donors (Lipinski definition) is 1. The lowest BCUT2D eigenvalue weighted by molar-refractivity contribution is -0.133. The molecule has 6 heteroatoms. The summed E-state index contributed by atoms with van der Waals surface area (Å²) in [6.45, 7) is 4.20. The summed E-state index contributed by atoms with van der Waals surface area (Å²) in [6.07, 6.45) is 9.95. The Morgan fingerprint density at radius 3 is 2.96 bits per heavy atom. The Morgan fingerprint density at radius 1 is 1.40 bits per heavy atom. The highest BCUT2D eigenvalue weighted by Gasteiger charge is 2.46. The van der Waals surface area contributed by atoms with E-state index < -0.39 is 0 Å². The van der Waals surface area contributed by atoms with Gasteiger partial charge in [-0.3, -0.25) is 14.3 Å². The van der Waals surface area contributed by atoms with Gasteiger partial charge in [0.05, 0.1) is 0 Å². The number of carbonyl (C=O) groups is 2. The lowest BCUT2D eigenvalue weighted by Crippen LogP contribution is -2.48. The molecule has 0 aromatic carbocycles. The number of aryl methyl sites for hydroxylation is 1. The van der Waals surface area contributed by atoms with Crippen LogP contribution in [0.1, 0.15) is 55.9 Å². The highest BCUT2D eigenvalue weighted by molar-refractivity contribution is 5.92. The zero-order chi connectivity index (χ0) is 17.4. The molecule has 134 valence electrons. The Hall–Kier alpha value is -2.11. The topological polar surface area (TPSA) is 67.2 Å². The Balaban J connectivity index is 1.45. The molecule has 2 fully saturated rings. The van der Waals surface area contributed by atoms with E-state index in [0.717, 1.165) is 38.0 Å². The minimum absolute atomic E-state index is 0.0776. The van der Waals surface area contributed by atoms with Crippen LogP contribution in [0.15, 0.2) is 24.0 Å². The van der Waals surface area contributed by atoms with Crippen LogP contribution in [0.5, 0.6) is 0 Å². The molecule has 2 heterocycles. The van der Waals surface area contributed by atoms with Crippen LogP contribution >= 0.6 is 0 Å². The Morgan fingerprint density at radius 2 is 2.24 bits per heavy atom. The van der Waals surface area contributed by atoms with E-state index in [9.17, 15) is 9.59 Å². The number of fused-ring (bicyclic) bond motifs is 1. The number of amides is 2. The van der Waals surface area contributed by atoms with Gasteiger partial charge in [0.2, 0.25) is 5.91 Å². The Bertz CT molecular complexity index is 719. The number of hydrogen-bond acceptors (Lipinski definition) is 3. The maximum Gasteiger partial charge on any atom is 0.271 e. The normalized spacial score (nSPS) is 25.7. The average Bonchev–Trinajstić information content (AvgIpc) is 3.14. The minimum Gasteiger partial charge on any atom is -0.350 e. The van der Waals surface area contributed by atoms with E-state index in [1.54, 1.807) is 10.7 Å². The van der Waals surface area contributed by atoms with Crippen molar-refractivity contribution in [2.45, 2.75) is 52.0 Å². The van der Waals surface area contributed by atoms with Crippen LogP contribution in [0, 0.1) is 11.3 Å². The number of rotatable bonds is 6. The highest BCUT2D eigenvalue weighted by Crippen LogP contribution is 2.48. The summed E-state index contributed by atoms with van der Waals surface area (Å²) in [4.78, 5) is 26.9. The average molecular weight is 342 g/mol. The quantitative estimate of drug-likeness (QED) is 0.863. The first-order chi connectivity index (χ1) is 12.1. The summed E-state index contributed by atoms with van der Waals surface area (Å²) in [5.74, 6) is 0.802. The van der Waals surface area contributed by atoms with Gasteiger partial charge in [0.25, 0.3) is 5.91 Å². The van der Waals surface area contributed by atoms with Crippen molar-refractivity contribution >= 4 is 11.8 Å². The van der Waals surface area contributed by atoms with Crippen LogP contribution in [-0.4, -0.2) is 39.6 Å². The monoisotopic (exact) mass is 342 g/mol. The molecule has 2 amide bonds. The van der Waals surface area contributed by atoms with E-state index in [1.165, 1.54) is 12.8 Å². The van der Waals surface area contributed by atoms with Crippen molar-refractivity contribution in [3.63, 3.8) is 0 Å². The largest absolute Gasteiger partial charge is 0.350 e. The molecule has 4 rings (SSSR count). The second-order valence-corrected chi connectivity index (χ2v) is 7.60. The van der Waals surface area contributed by atoms with Gasteiger partial charge < -0.3 is 10.2 Å². The maximum absolute atomic E-state index is 12.4. The van der Waals surface area contributed by atoms with E-state index in [-0.39, 0.29) is 17.2 Å². The number of allylic oxidation sites excluding steroid dienone is 1. The van der Waals surface area contributed by atoms with Crippen LogP contribution in [0.3, 0.4) is 0 Å². The summed E-state index contributed by atoms with van der Waals surface area (Å²) < 4.78 is 1.75. The molecule has 1 aromatic rings. The SMILES string of the molecule is CCn1ccc(C(=O)NCC23CCC=C2N(CC2CC2)C(=O)CC3)n1. The molecule has 3 aliphatic rings. The first-order valence-electron chi connectivity index (χ1n) is 9.44. The van der Waals surface area contributed by atoms with Gasteiger partial charge in [0, 0.05) is 43.4 Å². The van der Waals surface area contributed by atoms with Crippen LogP contribution in [0.2, 0.25) is 0 Å². The van der Waals surface area contributed by atoms with E-state index in [1.807, 2.05) is 18.0 Å². The number of piperidine rings is 1. The lowest BCUT2D eigenvalue weighted by Gasteiger charge is -2.42. The second kappa shape index (κ2) is 6.32. The van der Waals surface area contributed by atoms with Gasteiger partial charge >= 0.3 is 0 Å². The summed E-state index contributed by atoms with van der Waals surface area (Å²) in [5.41, 5.74) is 1.55.